The molecule has 1 aromatic heterocycles. The van der Waals surface area contributed by atoms with Gasteiger partial charge in [-0.1, -0.05) is 48.9 Å². The van der Waals surface area contributed by atoms with E-state index >= 15 is 0 Å². The van der Waals surface area contributed by atoms with Crippen molar-refractivity contribution in [2.75, 3.05) is 31.1 Å². The van der Waals surface area contributed by atoms with Crippen LogP contribution in [0.15, 0.2) is 42.5 Å². The van der Waals surface area contributed by atoms with E-state index in [4.69, 9.17) is 11.5 Å². The highest BCUT2D eigenvalue weighted by Gasteiger charge is 2.52. The Hall–Kier alpha value is -3.90. The van der Waals surface area contributed by atoms with E-state index in [0.717, 1.165) is 34.2 Å². The molecule has 4 amide bonds. The number of amides is 4. The third kappa shape index (κ3) is 5.80. The first kappa shape index (κ1) is 28.6. The summed E-state index contributed by atoms with van der Waals surface area (Å²) < 4.78 is 0.955. The van der Waals surface area contributed by atoms with Gasteiger partial charge in [-0.15, -0.1) is 0 Å². The Morgan fingerprint density at radius 2 is 1.93 bits per heavy atom. The first-order chi connectivity index (χ1) is 19.7. The zero-order chi connectivity index (χ0) is 29.3. The molecule has 41 heavy (non-hydrogen) atoms. The van der Waals surface area contributed by atoms with E-state index in [-0.39, 0.29) is 37.0 Å². The number of carbonyl (C=O) groups excluding carboxylic acids is 3. The molecule has 218 valence electrons. The number of para-hydroxylation sites is 1. The highest BCUT2D eigenvalue weighted by molar-refractivity contribution is 7.22. The number of aromatic nitrogens is 1. The van der Waals surface area contributed by atoms with Crippen molar-refractivity contribution in [1.29, 1.82) is 0 Å². The molecule has 12 heteroatoms. The number of benzene rings is 2. The standard InChI is InChI=1S/C29H38N8O3S/c1-4-5-13-32-29(40)37(18(2)3)35-17-25(38)36-22(14-19-9-11-21(30)12-10-19)27(39)34(16-24(35)36)15-20-7-6-8-23-26(20)33-28(31)41-23/h6-12,18,22,24H,4-5,13-17,30H2,1-3H3,(H2,31,33)(H,32,40)/t22-,24+/m0/s1. The van der Waals surface area contributed by atoms with Gasteiger partial charge in [-0.2, -0.15) is 5.01 Å². The fraction of sp³-hybridized carbons (Fsp3) is 0.448. The first-order valence-corrected chi connectivity index (χ1v) is 14.9. The van der Waals surface area contributed by atoms with E-state index in [0.29, 0.717) is 30.3 Å². The number of urea groups is 1. The number of hydrogen-bond donors (Lipinski definition) is 3. The van der Waals surface area contributed by atoms with Crippen LogP contribution < -0.4 is 16.8 Å². The summed E-state index contributed by atoms with van der Waals surface area (Å²) >= 11 is 1.41. The van der Waals surface area contributed by atoms with Gasteiger partial charge in [0.05, 0.1) is 23.3 Å². The predicted molar refractivity (Wildman–Crippen MR) is 160 cm³/mol. The van der Waals surface area contributed by atoms with Crippen molar-refractivity contribution in [1.82, 2.24) is 30.1 Å². The lowest BCUT2D eigenvalue weighted by Gasteiger charge is -2.47. The maximum absolute atomic E-state index is 14.1. The third-order valence-corrected chi connectivity index (χ3v) is 8.49. The van der Waals surface area contributed by atoms with Crippen LogP contribution in [0.4, 0.5) is 15.6 Å². The Morgan fingerprint density at radius 3 is 2.63 bits per heavy atom. The second-order valence-electron chi connectivity index (χ2n) is 10.9. The van der Waals surface area contributed by atoms with Gasteiger partial charge in [0.25, 0.3) is 0 Å². The molecule has 5 N–H and O–H groups in total. The van der Waals surface area contributed by atoms with E-state index in [1.807, 2.05) is 49.2 Å². The normalized spacial score (nSPS) is 19.3. The number of thiazole rings is 1. The smallest absolute Gasteiger partial charge is 0.332 e. The monoisotopic (exact) mass is 578 g/mol. The summed E-state index contributed by atoms with van der Waals surface area (Å²) in [5.74, 6) is -0.318. The average molecular weight is 579 g/mol. The number of rotatable bonds is 9. The number of carbonyl (C=O) groups is 3. The molecular weight excluding hydrogens is 540 g/mol. The maximum atomic E-state index is 14.1. The van der Waals surface area contributed by atoms with Crippen LogP contribution in [-0.2, 0) is 22.6 Å². The van der Waals surface area contributed by atoms with Crippen LogP contribution in [0.3, 0.4) is 0 Å². The summed E-state index contributed by atoms with van der Waals surface area (Å²) in [6.45, 7) is 7.06. The van der Waals surface area contributed by atoms with Gasteiger partial charge < -0.3 is 26.6 Å². The number of hydrazine groups is 1. The third-order valence-electron chi connectivity index (χ3n) is 7.64. The van der Waals surface area contributed by atoms with E-state index in [9.17, 15) is 14.4 Å². The summed E-state index contributed by atoms with van der Waals surface area (Å²) in [5.41, 5.74) is 15.1. The van der Waals surface area contributed by atoms with Gasteiger partial charge in [0, 0.05) is 31.2 Å². The van der Waals surface area contributed by atoms with Gasteiger partial charge in [-0.25, -0.2) is 9.78 Å². The highest BCUT2D eigenvalue weighted by Crippen LogP contribution is 2.33. The largest absolute Gasteiger partial charge is 0.399 e. The van der Waals surface area contributed by atoms with E-state index in [1.54, 1.807) is 26.9 Å². The minimum Gasteiger partial charge on any atom is -0.399 e. The van der Waals surface area contributed by atoms with Crippen molar-refractivity contribution in [2.45, 2.75) is 64.8 Å². The molecule has 0 radical (unpaired) electrons. The topological polar surface area (TPSA) is 141 Å². The lowest BCUT2D eigenvalue weighted by atomic mass is 9.99. The van der Waals surface area contributed by atoms with Crippen molar-refractivity contribution in [2.24, 2.45) is 0 Å². The van der Waals surface area contributed by atoms with Crippen LogP contribution in [0.25, 0.3) is 10.2 Å². The van der Waals surface area contributed by atoms with Crippen molar-refractivity contribution in [3.05, 3.63) is 53.6 Å². The molecule has 0 unspecified atom stereocenters. The predicted octanol–water partition coefficient (Wildman–Crippen LogP) is 3.02. The van der Waals surface area contributed by atoms with E-state index in [2.05, 4.69) is 17.2 Å². The molecular formula is C29H38N8O3S. The summed E-state index contributed by atoms with van der Waals surface area (Å²) in [7, 11) is 0. The van der Waals surface area contributed by atoms with Crippen molar-refractivity contribution in [3.8, 4) is 0 Å². The van der Waals surface area contributed by atoms with Crippen LogP contribution in [0, 0.1) is 0 Å². The molecule has 3 heterocycles. The van der Waals surface area contributed by atoms with Gasteiger partial charge in [0.2, 0.25) is 11.8 Å². The molecule has 0 bridgehead atoms. The number of unbranched alkanes of at least 4 members (excludes halogenated alkanes) is 1. The number of nitrogen functional groups attached to an aromatic ring is 2. The summed E-state index contributed by atoms with van der Waals surface area (Å²) in [6, 6.07) is 12.0. The number of nitrogens with zero attached hydrogens (tertiary/aromatic N) is 5. The zero-order valence-electron chi connectivity index (χ0n) is 23.7. The summed E-state index contributed by atoms with van der Waals surface area (Å²) in [6.07, 6.45) is 1.66. The number of nitrogens with two attached hydrogens (primary N) is 2. The number of anilines is 2. The zero-order valence-corrected chi connectivity index (χ0v) is 24.6. The molecule has 2 aromatic carbocycles. The lowest BCUT2D eigenvalue weighted by Crippen LogP contribution is -2.66. The molecule has 0 saturated carbocycles. The molecule has 0 spiro atoms. The first-order valence-electron chi connectivity index (χ1n) is 14.1. The molecule has 2 aliphatic rings. The minimum absolute atomic E-state index is 0.0155. The highest BCUT2D eigenvalue weighted by atomic mass is 32.1. The fourth-order valence-corrected chi connectivity index (χ4v) is 6.48. The molecule has 2 atom stereocenters. The van der Waals surface area contributed by atoms with Gasteiger partial charge >= 0.3 is 6.03 Å². The second-order valence-corrected chi connectivity index (χ2v) is 12.0. The molecule has 2 fully saturated rings. The SMILES string of the molecule is CCCCNC(=O)N(C(C)C)N1CC(=O)N2[C@@H](Cc3ccc(N)cc3)C(=O)N(Cc3cccc4sc(N)nc34)C[C@@H]21. The molecule has 2 aliphatic heterocycles. The van der Waals surface area contributed by atoms with Crippen LogP contribution >= 0.6 is 11.3 Å². The van der Waals surface area contributed by atoms with Crippen LogP contribution in [0.1, 0.15) is 44.7 Å². The number of piperazine rings is 1. The van der Waals surface area contributed by atoms with E-state index in [1.165, 1.54) is 11.3 Å². The summed E-state index contributed by atoms with van der Waals surface area (Å²) in [4.78, 5) is 49.0. The Bertz CT molecular complexity index is 1430. The van der Waals surface area contributed by atoms with Crippen molar-refractivity contribution in [3.63, 3.8) is 0 Å². The second kappa shape index (κ2) is 11.9. The quantitative estimate of drug-likeness (QED) is 0.262. The lowest BCUT2D eigenvalue weighted by molar-refractivity contribution is -0.158. The Balaban J connectivity index is 1.49. The van der Waals surface area contributed by atoms with Crippen LogP contribution in [0.5, 0.6) is 0 Å². The number of fused-ring (bicyclic) bond motifs is 2. The van der Waals surface area contributed by atoms with Crippen molar-refractivity contribution < 1.29 is 14.4 Å². The Kier molecular flexibility index (Phi) is 8.32. The molecule has 2 saturated heterocycles. The molecule has 0 aliphatic carbocycles. The van der Waals surface area contributed by atoms with E-state index < -0.39 is 12.2 Å². The minimum atomic E-state index is -0.730. The van der Waals surface area contributed by atoms with Gasteiger partial charge in [0.1, 0.15) is 12.2 Å². The Morgan fingerprint density at radius 1 is 1.17 bits per heavy atom. The number of hydrogen-bond acceptors (Lipinski definition) is 8. The molecule has 11 nitrogen and oxygen atoms in total. The van der Waals surface area contributed by atoms with Gasteiger partial charge in [-0.3, -0.25) is 14.6 Å². The van der Waals surface area contributed by atoms with Gasteiger partial charge in [-0.05, 0) is 49.6 Å². The maximum Gasteiger partial charge on any atom is 0.332 e. The van der Waals surface area contributed by atoms with Gasteiger partial charge in [0.15, 0.2) is 5.13 Å². The van der Waals surface area contributed by atoms with Crippen LogP contribution in [-0.4, -0.2) is 80.5 Å². The van der Waals surface area contributed by atoms with Crippen LogP contribution in [0.2, 0.25) is 0 Å². The fourth-order valence-electron chi connectivity index (χ4n) is 5.70. The summed E-state index contributed by atoms with van der Waals surface area (Å²) in [5, 5.41) is 6.92. The Labute approximate surface area is 244 Å². The molecule has 3 aromatic rings. The van der Waals surface area contributed by atoms with Crippen molar-refractivity contribution >= 4 is 50.2 Å². The molecule has 5 rings (SSSR count). The average Bonchev–Trinajstić information content (AvgIpc) is 3.47. The number of nitrogens with one attached hydrogen (secondary N) is 1.